The minimum Gasteiger partial charge on any atom is -0.343 e. The molecular weight excluding hydrogens is 448 g/mol. The standard InChI is InChI=1S/C26H27ClN6O/c1-17-3-4-18(11-21(17)22-13-28-14-24-25(22)30-16-29-24)26(34)31-20-6-5-19(23(27)12-20)15-33-9-7-32(2)8-10-33/h3-6,11-14,16H,7-10,15H2,1-2H3,(H,29,30)(H,31,34). The molecule has 34 heavy (non-hydrogen) atoms. The lowest BCUT2D eigenvalue weighted by molar-refractivity contribution is 0.102. The van der Waals surface area contributed by atoms with Crippen LogP contribution in [0.15, 0.2) is 55.1 Å². The molecule has 0 radical (unpaired) electrons. The maximum absolute atomic E-state index is 13.1. The lowest BCUT2D eigenvalue weighted by atomic mass is 9.98. The normalized spacial score (nSPS) is 15.0. The number of hydrogen-bond acceptors (Lipinski definition) is 5. The summed E-state index contributed by atoms with van der Waals surface area (Å²) in [6.45, 7) is 7.02. The molecule has 2 N–H and O–H groups in total. The number of anilines is 1. The zero-order valence-corrected chi connectivity index (χ0v) is 20.1. The number of halogens is 1. The Hall–Kier alpha value is -3.26. The molecule has 0 spiro atoms. The van der Waals surface area contributed by atoms with Crippen LogP contribution in [0.4, 0.5) is 5.69 Å². The molecule has 1 saturated heterocycles. The highest BCUT2D eigenvalue weighted by atomic mass is 35.5. The molecule has 0 bridgehead atoms. The fourth-order valence-corrected chi connectivity index (χ4v) is 4.56. The second-order valence-electron chi connectivity index (χ2n) is 8.86. The van der Waals surface area contributed by atoms with Gasteiger partial charge in [-0.05, 0) is 54.9 Å². The number of aromatic nitrogens is 3. The van der Waals surface area contributed by atoms with Crippen molar-refractivity contribution in [1.29, 1.82) is 0 Å². The van der Waals surface area contributed by atoms with Crippen LogP contribution in [0, 0.1) is 6.92 Å². The number of piperazine rings is 1. The van der Waals surface area contributed by atoms with Gasteiger partial charge in [0.15, 0.2) is 0 Å². The number of carbonyl (C=O) groups is 1. The van der Waals surface area contributed by atoms with E-state index in [-0.39, 0.29) is 5.91 Å². The summed E-state index contributed by atoms with van der Waals surface area (Å²) >= 11 is 6.57. The molecule has 2 aromatic heterocycles. The number of carbonyl (C=O) groups excluding carboxylic acids is 1. The van der Waals surface area contributed by atoms with E-state index >= 15 is 0 Å². The maximum atomic E-state index is 13.1. The smallest absolute Gasteiger partial charge is 0.255 e. The first-order chi connectivity index (χ1) is 16.5. The van der Waals surface area contributed by atoms with Crippen LogP contribution in [0.25, 0.3) is 22.2 Å². The molecule has 0 saturated carbocycles. The molecule has 3 heterocycles. The first-order valence-electron chi connectivity index (χ1n) is 11.4. The molecule has 5 rings (SSSR count). The van der Waals surface area contributed by atoms with Crippen molar-refractivity contribution < 1.29 is 4.79 Å². The summed E-state index contributed by atoms with van der Waals surface area (Å²) < 4.78 is 0. The van der Waals surface area contributed by atoms with Gasteiger partial charge in [0, 0.05) is 60.8 Å². The number of amides is 1. The minimum atomic E-state index is -0.189. The van der Waals surface area contributed by atoms with Gasteiger partial charge in [-0.1, -0.05) is 23.7 Å². The van der Waals surface area contributed by atoms with Crippen LogP contribution in [0.3, 0.4) is 0 Å². The molecule has 0 atom stereocenters. The summed E-state index contributed by atoms with van der Waals surface area (Å²) in [6, 6.07) is 11.4. The predicted octanol–water partition coefficient (Wildman–Crippen LogP) is 4.59. The quantitative estimate of drug-likeness (QED) is 0.442. The third-order valence-corrected chi connectivity index (χ3v) is 6.77. The number of nitrogens with zero attached hydrogens (tertiary/aromatic N) is 4. The Balaban J connectivity index is 1.33. The molecule has 1 amide bonds. The van der Waals surface area contributed by atoms with Gasteiger partial charge in [-0.3, -0.25) is 14.7 Å². The molecule has 4 aromatic rings. The fraction of sp³-hybridized carbons (Fsp3) is 0.269. The number of hydrogen-bond donors (Lipinski definition) is 2. The van der Waals surface area contributed by atoms with Crippen LogP contribution < -0.4 is 5.32 Å². The first kappa shape index (κ1) is 22.5. The van der Waals surface area contributed by atoms with Gasteiger partial charge in [-0.2, -0.15) is 0 Å². The lowest BCUT2D eigenvalue weighted by Crippen LogP contribution is -2.43. The van der Waals surface area contributed by atoms with E-state index < -0.39 is 0 Å². The predicted molar refractivity (Wildman–Crippen MR) is 136 cm³/mol. The lowest BCUT2D eigenvalue weighted by Gasteiger charge is -2.32. The van der Waals surface area contributed by atoms with Crippen LogP contribution in [0.1, 0.15) is 21.5 Å². The van der Waals surface area contributed by atoms with E-state index in [0.29, 0.717) is 16.3 Å². The SMILES string of the molecule is Cc1ccc(C(=O)Nc2ccc(CN3CCN(C)CC3)c(Cl)c2)cc1-c1cncc2[nH]cnc12. The highest BCUT2D eigenvalue weighted by Crippen LogP contribution is 2.30. The zero-order valence-electron chi connectivity index (χ0n) is 19.3. The Labute approximate surface area is 203 Å². The molecule has 0 aliphatic carbocycles. The summed E-state index contributed by atoms with van der Waals surface area (Å²) in [6.07, 6.45) is 5.18. The van der Waals surface area contributed by atoms with Gasteiger partial charge in [0.05, 0.1) is 23.6 Å². The number of aromatic amines is 1. The van der Waals surface area contributed by atoms with Crippen LogP contribution >= 0.6 is 11.6 Å². The van der Waals surface area contributed by atoms with E-state index in [1.165, 1.54) is 0 Å². The number of imidazole rings is 1. The Kier molecular flexibility index (Phi) is 6.32. The summed E-state index contributed by atoms with van der Waals surface area (Å²) in [5, 5.41) is 3.65. The molecule has 7 nitrogen and oxygen atoms in total. The third-order valence-electron chi connectivity index (χ3n) is 6.42. The van der Waals surface area contributed by atoms with Crippen LogP contribution in [-0.2, 0) is 6.54 Å². The number of nitrogens with one attached hydrogen (secondary N) is 2. The number of likely N-dealkylation sites (N-methyl/N-ethyl adjacent to an activating group) is 1. The highest BCUT2D eigenvalue weighted by molar-refractivity contribution is 6.31. The molecular formula is C26H27ClN6O. The molecule has 8 heteroatoms. The second-order valence-corrected chi connectivity index (χ2v) is 9.26. The van der Waals surface area contributed by atoms with E-state index in [0.717, 1.165) is 66.0 Å². The van der Waals surface area contributed by atoms with E-state index in [1.54, 1.807) is 18.7 Å². The Morgan fingerprint density at radius 1 is 1.09 bits per heavy atom. The average molecular weight is 475 g/mol. The van der Waals surface area contributed by atoms with E-state index in [1.807, 2.05) is 43.3 Å². The summed E-state index contributed by atoms with van der Waals surface area (Å²) in [4.78, 5) is 29.6. The highest BCUT2D eigenvalue weighted by Gasteiger charge is 2.16. The summed E-state index contributed by atoms with van der Waals surface area (Å²) in [5.74, 6) is -0.189. The Morgan fingerprint density at radius 3 is 2.71 bits per heavy atom. The van der Waals surface area contributed by atoms with Gasteiger partial charge < -0.3 is 15.2 Å². The number of pyridine rings is 1. The Bertz CT molecular complexity index is 1340. The monoisotopic (exact) mass is 474 g/mol. The van der Waals surface area contributed by atoms with Gasteiger partial charge in [0.25, 0.3) is 5.91 Å². The fourth-order valence-electron chi connectivity index (χ4n) is 4.32. The van der Waals surface area contributed by atoms with Crippen molar-refractivity contribution in [3.8, 4) is 11.1 Å². The van der Waals surface area contributed by atoms with Crippen LogP contribution in [0.5, 0.6) is 0 Å². The molecule has 1 aliphatic rings. The molecule has 0 unspecified atom stereocenters. The third kappa shape index (κ3) is 4.68. The van der Waals surface area contributed by atoms with Crippen molar-refractivity contribution >= 4 is 34.2 Å². The van der Waals surface area contributed by atoms with Gasteiger partial charge in [-0.25, -0.2) is 4.98 Å². The van der Waals surface area contributed by atoms with Gasteiger partial charge in [0.2, 0.25) is 0 Å². The van der Waals surface area contributed by atoms with Gasteiger partial charge in [-0.15, -0.1) is 0 Å². The number of benzene rings is 2. The minimum absolute atomic E-state index is 0.189. The first-order valence-corrected chi connectivity index (χ1v) is 11.7. The van der Waals surface area contributed by atoms with E-state index in [2.05, 4.69) is 37.1 Å². The summed E-state index contributed by atoms with van der Waals surface area (Å²) in [7, 11) is 2.15. The van der Waals surface area contributed by atoms with E-state index in [9.17, 15) is 4.79 Å². The molecule has 2 aromatic carbocycles. The van der Waals surface area contributed by atoms with E-state index in [4.69, 9.17) is 11.6 Å². The number of aryl methyl sites for hydroxylation is 1. The second kappa shape index (κ2) is 9.54. The average Bonchev–Trinajstić information content (AvgIpc) is 3.32. The van der Waals surface area contributed by atoms with Crippen molar-refractivity contribution in [2.45, 2.75) is 13.5 Å². The topological polar surface area (TPSA) is 77.2 Å². The molecule has 1 fully saturated rings. The molecule has 174 valence electrons. The maximum Gasteiger partial charge on any atom is 0.255 e. The number of fused-ring (bicyclic) bond motifs is 1. The van der Waals surface area contributed by atoms with Gasteiger partial charge >= 0.3 is 0 Å². The Morgan fingerprint density at radius 2 is 1.91 bits per heavy atom. The van der Waals surface area contributed by atoms with Crippen LogP contribution in [-0.4, -0.2) is 63.9 Å². The van der Waals surface area contributed by atoms with Crippen molar-refractivity contribution in [3.63, 3.8) is 0 Å². The van der Waals surface area contributed by atoms with Crippen LogP contribution in [0.2, 0.25) is 5.02 Å². The van der Waals surface area contributed by atoms with Crippen molar-refractivity contribution in [1.82, 2.24) is 24.8 Å². The van der Waals surface area contributed by atoms with Crippen molar-refractivity contribution in [3.05, 3.63) is 76.8 Å². The summed E-state index contributed by atoms with van der Waals surface area (Å²) in [5.41, 5.74) is 6.87. The molecule has 1 aliphatic heterocycles. The number of H-pyrrole nitrogens is 1. The van der Waals surface area contributed by atoms with Crippen molar-refractivity contribution in [2.24, 2.45) is 0 Å². The van der Waals surface area contributed by atoms with Gasteiger partial charge in [0.1, 0.15) is 0 Å². The number of rotatable bonds is 5. The van der Waals surface area contributed by atoms with Crippen molar-refractivity contribution in [2.75, 3.05) is 38.5 Å². The zero-order chi connectivity index (χ0) is 23.7. The largest absolute Gasteiger partial charge is 0.343 e.